The lowest BCUT2D eigenvalue weighted by atomic mass is 10.2. The van der Waals surface area contributed by atoms with Gasteiger partial charge in [-0.05, 0) is 42.0 Å². The lowest BCUT2D eigenvalue weighted by Crippen LogP contribution is -1.98. The number of rotatable bonds is 4. The van der Waals surface area contributed by atoms with Crippen molar-refractivity contribution in [3.8, 4) is 5.75 Å². The lowest BCUT2D eigenvalue weighted by molar-refractivity contribution is 0.414. The van der Waals surface area contributed by atoms with Crippen molar-refractivity contribution in [3.05, 3.63) is 53.1 Å². The molecular weight excluding hydrogens is 282 g/mol. The molecule has 2 N–H and O–H groups in total. The molecule has 2 rings (SSSR count). The molecule has 0 spiro atoms. The van der Waals surface area contributed by atoms with Crippen LogP contribution in [0.3, 0.4) is 0 Å². The Kier molecular flexibility index (Phi) is 4.45. The van der Waals surface area contributed by atoms with E-state index in [9.17, 15) is 4.21 Å². The summed E-state index contributed by atoms with van der Waals surface area (Å²) in [5, 5.41) is 0.513. The molecule has 0 saturated heterocycles. The van der Waals surface area contributed by atoms with Crippen LogP contribution in [0.5, 0.6) is 5.75 Å². The van der Waals surface area contributed by atoms with E-state index in [1.165, 1.54) is 0 Å². The van der Waals surface area contributed by atoms with Gasteiger partial charge in [-0.2, -0.15) is 0 Å². The third kappa shape index (κ3) is 3.49. The summed E-state index contributed by atoms with van der Waals surface area (Å²) in [6.45, 7) is 0. The maximum atomic E-state index is 12.2. The van der Waals surface area contributed by atoms with Gasteiger partial charge in [0, 0.05) is 4.90 Å². The molecule has 0 bridgehead atoms. The van der Waals surface area contributed by atoms with E-state index in [1.807, 2.05) is 6.07 Å². The smallest absolute Gasteiger partial charge is 0.118 e. The van der Waals surface area contributed by atoms with Crippen LogP contribution < -0.4 is 10.5 Å². The predicted molar refractivity (Wildman–Crippen MR) is 79.0 cm³/mol. The van der Waals surface area contributed by atoms with E-state index in [0.29, 0.717) is 16.5 Å². The minimum atomic E-state index is -1.11. The van der Waals surface area contributed by atoms with Crippen molar-refractivity contribution in [2.75, 3.05) is 12.8 Å². The standard InChI is InChI=1S/C14H14ClNO2S/c1-18-11-3-5-12(6-4-11)19(17)9-10-2-7-13(15)14(16)8-10/h2-8H,9,16H2,1H3. The summed E-state index contributed by atoms with van der Waals surface area (Å²) < 4.78 is 17.3. The number of ether oxygens (including phenoxy) is 1. The van der Waals surface area contributed by atoms with Crippen molar-refractivity contribution in [2.45, 2.75) is 10.6 Å². The molecule has 5 heteroatoms. The maximum absolute atomic E-state index is 12.2. The van der Waals surface area contributed by atoms with Crippen LogP contribution in [0, 0.1) is 0 Å². The third-order valence-corrected chi connectivity index (χ3v) is 4.42. The number of anilines is 1. The molecule has 3 nitrogen and oxygen atoms in total. The van der Waals surface area contributed by atoms with Gasteiger partial charge in [-0.3, -0.25) is 4.21 Å². The Labute approximate surface area is 119 Å². The summed E-state index contributed by atoms with van der Waals surface area (Å²) in [5.41, 5.74) is 7.13. The molecule has 0 amide bonds. The molecule has 0 saturated carbocycles. The van der Waals surface area contributed by atoms with E-state index in [4.69, 9.17) is 22.1 Å². The van der Waals surface area contributed by atoms with Gasteiger partial charge < -0.3 is 10.5 Å². The van der Waals surface area contributed by atoms with Crippen LogP contribution in [0.25, 0.3) is 0 Å². The Morgan fingerprint density at radius 1 is 1.21 bits per heavy atom. The number of benzene rings is 2. The molecule has 0 aliphatic carbocycles. The topological polar surface area (TPSA) is 52.3 Å². The largest absolute Gasteiger partial charge is 0.497 e. The van der Waals surface area contributed by atoms with Crippen LogP contribution in [0.2, 0.25) is 5.02 Å². The number of hydrogen-bond acceptors (Lipinski definition) is 3. The van der Waals surface area contributed by atoms with Crippen LogP contribution in [0.4, 0.5) is 5.69 Å². The zero-order chi connectivity index (χ0) is 13.8. The van der Waals surface area contributed by atoms with Crippen molar-refractivity contribution in [1.82, 2.24) is 0 Å². The second-order valence-electron chi connectivity index (χ2n) is 4.02. The normalized spacial score (nSPS) is 12.1. The first-order chi connectivity index (χ1) is 9.10. The first kappa shape index (κ1) is 13.9. The highest BCUT2D eigenvalue weighted by Gasteiger charge is 2.07. The molecule has 0 aromatic heterocycles. The Balaban J connectivity index is 2.13. The zero-order valence-corrected chi connectivity index (χ0v) is 12.0. The van der Waals surface area contributed by atoms with Crippen LogP contribution in [0.1, 0.15) is 5.56 Å². The molecule has 0 fully saturated rings. The fraction of sp³-hybridized carbons (Fsp3) is 0.143. The molecule has 1 unspecified atom stereocenters. The third-order valence-electron chi connectivity index (χ3n) is 2.68. The van der Waals surface area contributed by atoms with Gasteiger partial charge in [-0.25, -0.2) is 0 Å². The molecule has 100 valence electrons. The van der Waals surface area contributed by atoms with Crippen LogP contribution >= 0.6 is 11.6 Å². The summed E-state index contributed by atoms with van der Waals surface area (Å²) >= 11 is 5.85. The number of methoxy groups -OCH3 is 1. The van der Waals surface area contributed by atoms with Crippen molar-refractivity contribution in [1.29, 1.82) is 0 Å². The van der Waals surface area contributed by atoms with Gasteiger partial charge in [0.25, 0.3) is 0 Å². The van der Waals surface area contributed by atoms with E-state index in [0.717, 1.165) is 16.2 Å². The molecular formula is C14H14ClNO2S. The Hall–Kier alpha value is -1.52. The molecule has 2 aromatic carbocycles. The number of hydrogen-bond donors (Lipinski definition) is 1. The fourth-order valence-electron chi connectivity index (χ4n) is 1.65. The van der Waals surface area contributed by atoms with E-state index in [1.54, 1.807) is 43.5 Å². The SMILES string of the molecule is COc1ccc(S(=O)Cc2ccc(Cl)c(N)c2)cc1. The van der Waals surface area contributed by atoms with Crippen LogP contribution in [-0.2, 0) is 16.6 Å². The van der Waals surface area contributed by atoms with E-state index in [2.05, 4.69) is 0 Å². The zero-order valence-electron chi connectivity index (χ0n) is 10.4. The Bertz CT molecular complexity index is 599. The van der Waals surface area contributed by atoms with E-state index >= 15 is 0 Å². The summed E-state index contributed by atoms with van der Waals surface area (Å²) in [6, 6.07) is 12.5. The van der Waals surface area contributed by atoms with E-state index in [-0.39, 0.29) is 0 Å². The molecule has 0 aliphatic rings. The van der Waals surface area contributed by atoms with Crippen LogP contribution in [0.15, 0.2) is 47.4 Å². The van der Waals surface area contributed by atoms with Crippen LogP contribution in [-0.4, -0.2) is 11.3 Å². The highest BCUT2D eigenvalue weighted by molar-refractivity contribution is 7.84. The molecule has 19 heavy (non-hydrogen) atoms. The summed E-state index contributed by atoms with van der Waals surface area (Å²) in [4.78, 5) is 0.759. The fourth-order valence-corrected chi connectivity index (χ4v) is 2.85. The highest BCUT2D eigenvalue weighted by Crippen LogP contribution is 2.22. The summed E-state index contributed by atoms with van der Waals surface area (Å²) in [6.07, 6.45) is 0. The maximum Gasteiger partial charge on any atom is 0.118 e. The minimum Gasteiger partial charge on any atom is -0.497 e. The predicted octanol–water partition coefficient (Wildman–Crippen LogP) is 3.24. The molecule has 0 radical (unpaired) electrons. The molecule has 0 aliphatic heterocycles. The monoisotopic (exact) mass is 295 g/mol. The molecule has 2 aromatic rings. The second-order valence-corrected chi connectivity index (χ2v) is 5.88. The molecule has 1 atom stereocenters. The van der Waals surface area contributed by atoms with Gasteiger partial charge in [0.05, 0.1) is 34.4 Å². The Morgan fingerprint density at radius 3 is 2.47 bits per heavy atom. The minimum absolute atomic E-state index is 0.410. The average molecular weight is 296 g/mol. The van der Waals surface area contributed by atoms with Gasteiger partial charge in [-0.1, -0.05) is 17.7 Å². The second kappa shape index (κ2) is 6.08. The van der Waals surface area contributed by atoms with Crippen molar-refractivity contribution < 1.29 is 8.95 Å². The summed E-state index contributed by atoms with van der Waals surface area (Å²) in [5.74, 6) is 1.16. The Morgan fingerprint density at radius 2 is 1.89 bits per heavy atom. The molecule has 0 heterocycles. The van der Waals surface area contributed by atoms with Crippen molar-refractivity contribution in [3.63, 3.8) is 0 Å². The van der Waals surface area contributed by atoms with Crippen molar-refractivity contribution in [2.24, 2.45) is 0 Å². The summed E-state index contributed by atoms with van der Waals surface area (Å²) in [7, 11) is 0.486. The average Bonchev–Trinajstić information content (AvgIpc) is 2.43. The number of nitrogens with two attached hydrogens (primary N) is 1. The number of nitrogen functional groups attached to an aromatic ring is 1. The van der Waals surface area contributed by atoms with E-state index < -0.39 is 10.8 Å². The van der Waals surface area contributed by atoms with Gasteiger partial charge in [-0.15, -0.1) is 0 Å². The van der Waals surface area contributed by atoms with Gasteiger partial charge in [0.1, 0.15) is 5.75 Å². The first-order valence-electron chi connectivity index (χ1n) is 5.66. The number of halogens is 1. The quantitative estimate of drug-likeness (QED) is 0.881. The van der Waals surface area contributed by atoms with Crippen molar-refractivity contribution >= 4 is 28.1 Å². The lowest BCUT2D eigenvalue weighted by Gasteiger charge is -2.06. The first-order valence-corrected chi connectivity index (χ1v) is 7.36. The van der Waals surface area contributed by atoms with Gasteiger partial charge >= 0.3 is 0 Å². The van der Waals surface area contributed by atoms with Gasteiger partial charge in [0.15, 0.2) is 0 Å². The highest BCUT2D eigenvalue weighted by atomic mass is 35.5. The van der Waals surface area contributed by atoms with Gasteiger partial charge in [0.2, 0.25) is 0 Å².